The molecule has 0 rings (SSSR count). The molecule has 0 radical (unpaired) electrons. The molecule has 68 heavy (non-hydrogen) atoms. The lowest BCUT2D eigenvalue weighted by molar-refractivity contribution is -0.162. The molecule has 1 atom stereocenters. The van der Waals surface area contributed by atoms with Gasteiger partial charge in [0.15, 0.2) is 6.10 Å². The highest BCUT2D eigenvalue weighted by atomic mass is 16.6. The van der Waals surface area contributed by atoms with Gasteiger partial charge in [-0.15, -0.1) is 0 Å². The summed E-state index contributed by atoms with van der Waals surface area (Å²) in [5, 5.41) is 0. The third kappa shape index (κ3) is 55.7. The highest BCUT2D eigenvalue weighted by molar-refractivity contribution is 5.70. The number of rotatable bonds is 53. The SMILES string of the molecule is CC/C=C\C/C=C\C/C=C\C/C=C\CCC(=O)OC(COCCCCCCCCC/C=C\C/C=C\C/C=C\CCCCC)COC(=O)CCCCCCCCCCCCCCCCCCCCC. The van der Waals surface area contributed by atoms with Gasteiger partial charge in [0.2, 0.25) is 0 Å². The quantitative estimate of drug-likeness (QED) is 0.0345. The normalized spacial score (nSPS) is 12.8. The molecule has 0 heterocycles. The average molecular weight is 948 g/mol. The zero-order valence-corrected chi connectivity index (χ0v) is 45.1. The third-order valence-corrected chi connectivity index (χ3v) is 12.4. The van der Waals surface area contributed by atoms with E-state index in [1.807, 2.05) is 6.08 Å². The number of ether oxygens (including phenoxy) is 3. The number of carbonyl (C=O) groups excluding carboxylic acids is 2. The fourth-order valence-corrected chi connectivity index (χ4v) is 8.12. The van der Waals surface area contributed by atoms with Crippen molar-refractivity contribution in [3.8, 4) is 0 Å². The summed E-state index contributed by atoms with van der Waals surface area (Å²) >= 11 is 0. The largest absolute Gasteiger partial charge is 0.462 e. The van der Waals surface area contributed by atoms with Crippen molar-refractivity contribution in [3.63, 3.8) is 0 Å². The van der Waals surface area contributed by atoms with Crippen molar-refractivity contribution in [3.05, 3.63) is 85.1 Å². The second-order valence-corrected chi connectivity index (χ2v) is 19.2. The first-order valence-corrected chi connectivity index (χ1v) is 29.1. The average Bonchev–Trinajstić information content (AvgIpc) is 3.34. The molecular weight excluding hydrogens is 837 g/mol. The molecule has 0 fully saturated rings. The lowest BCUT2D eigenvalue weighted by atomic mass is 10.0. The first kappa shape index (κ1) is 65.1. The van der Waals surface area contributed by atoms with Gasteiger partial charge in [0.05, 0.1) is 6.61 Å². The van der Waals surface area contributed by atoms with E-state index in [0.717, 1.165) is 64.2 Å². The monoisotopic (exact) mass is 947 g/mol. The van der Waals surface area contributed by atoms with E-state index in [4.69, 9.17) is 14.2 Å². The second kappa shape index (κ2) is 58.4. The third-order valence-electron chi connectivity index (χ3n) is 12.4. The maximum absolute atomic E-state index is 12.8. The minimum atomic E-state index is -0.582. The summed E-state index contributed by atoms with van der Waals surface area (Å²) in [6.45, 7) is 7.62. The van der Waals surface area contributed by atoms with Crippen LogP contribution in [0.3, 0.4) is 0 Å². The summed E-state index contributed by atoms with van der Waals surface area (Å²) in [4.78, 5) is 25.5. The van der Waals surface area contributed by atoms with Gasteiger partial charge in [0.25, 0.3) is 0 Å². The molecule has 0 aromatic heterocycles. The van der Waals surface area contributed by atoms with Crippen molar-refractivity contribution in [2.24, 2.45) is 0 Å². The minimum absolute atomic E-state index is 0.0520. The summed E-state index contributed by atoms with van der Waals surface area (Å²) in [6.07, 6.45) is 77.7. The van der Waals surface area contributed by atoms with E-state index in [-0.39, 0.29) is 25.2 Å². The Morgan fingerprint density at radius 1 is 0.338 bits per heavy atom. The Balaban J connectivity index is 4.30. The number of unbranched alkanes of at least 4 members (excludes halogenated alkanes) is 28. The summed E-state index contributed by atoms with van der Waals surface area (Å²) in [5.41, 5.74) is 0. The molecular formula is C63H110O5. The molecule has 0 saturated carbocycles. The molecule has 5 heteroatoms. The number of hydrogen-bond donors (Lipinski definition) is 0. The molecule has 0 bridgehead atoms. The van der Waals surface area contributed by atoms with Gasteiger partial charge in [-0.25, -0.2) is 0 Å². The molecule has 0 aromatic carbocycles. The molecule has 5 nitrogen and oxygen atoms in total. The predicted molar refractivity (Wildman–Crippen MR) is 297 cm³/mol. The van der Waals surface area contributed by atoms with Crippen LogP contribution in [0.5, 0.6) is 0 Å². The second-order valence-electron chi connectivity index (χ2n) is 19.2. The zero-order valence-electron chi connectivity index (χ0n) is 45.1. The van der Waals surface area contributed by atoms with E-state index in [1.165, 1.54) is 173 Å². The van der Waals surface area contributed by atoms with Crippen LogP contribution < -0.4 is 0 Å². The molecule has 0 spiro atoms. The molecule has 0 aromatic rings. The van der Waals surface area contributed by atoms with E-state index >= 15 is 0 Å². The van der Waals surface area contributed by atoms with E-state index in [2.05, 4.69) is 99.8 Å². The maximum atomic E-state index is 12.8. The van der Waals surface area contributed by atoms with Gasteiger partial charge in [-0.3, -0.25) is 9.59 Å². The topological polar surface area (TPSA) is 61.8 Å². The molecule has 0 N–H and O–H groups in total. The van der Waals surface area contributed by atoms with Crippen LogP contribution in [0.15, 0.2) is 85.1 Å². The van der Waals surface area contributed by atoms with Gasteiger partial charge in [0.1, 0.15) is 6.61 Å². The summed E-state index contributed by atoms with van der Waals surface area (Å²) in [5.74, 6) is -0.488. The van der Waals surface area contributed by atoms with Gasteiger partial charge in [0, 0.05) is 19.4 Å². The van der Waals surface area contributed by atoms with Crippen LogP contribution >= 0.6 is 0 Å². The van der Waals surface area contributed by atoms with Crippen LogP contribution in [0.1, 0.15) is 278 Å². The zero-order chi connectivity index (χ0) is 49.2. The molecule has 1 unspecified atom stereocenters. The molecule has 0 aliphatic carbocycles. The van der Waals surface area contributed by atoms with Crippen LogP contribution in [0, 0.1) is 0 Å². The fraction of sp³-hybridized carbons (Fsp3) is 0.746. The van der Waals surface area contributed by atoms with Gasteiger partial charge in [-0.2, -0.15) is 0 Å². The van der Waals surface area contributed by atoms with Crippen LogP contribution in [0.4, 0.5) is 0 Å². The summed E-state index contributed by atoms with van der Waals surface area (Å²) in [6, 6.07) is 0. The predicted octanol–water partition coefficient (Wildman–Crippen LogP) is 20.0. The Morgan fingerprint density at radius 2 is 0.691 bits per heavy atom. The molecule has 0 aliphatic rings. The maximum Gasteiger partial charge on any atom is 0.306 e. The van der Waals surface area contributed by atoms with Gasteiger partial charge in [-0.05, 0) is 83.5 Å². The lowest BCUT2D eigenvalue weighted by Gasteiger charge is -2.18. The van der Waals surface area contributed by atoms with Crippen molar-refractivity contribution in [2.45, 2.75) is 284 Å². The minimum Gasteiger partial charge on any atom is -0.462 e. The van der Waals surface area contributed by atoms with Crippen LogP contribution in [-0.2, 0) is 23.8 Å². The Morgan fingerprint density at radius 3 is 1.15 bits per heavy atom. The molecule has 0 saturated heterocycles. The van der Waals surface area contributed by atoms with Crippen molar-refractivity contribution in [1.82, 2.24) is 0 Å². The highest BCUT2D eigenvalue weighted by Crippen LogP contribution is 2.16. The van der Waals surface area contributed by atoms with Crippen molar-refractivity contribution in [1.29, 1.82) is 0 Å². The van der Waals surface area contributed by atoms with Crippen molar-refractivity contribution >= 4 is 11.9 Å². The molecule has 0 amide bonds. The summed E-state index contributed by atoms with van der Waals surface area (Å²) < 4.78 is 17.4. The summed E-state index contributed by atoms with van der Waals surface area (Å²) in [7, 11) is 0. The van der Waals surface area contributed by atoms with Crippen LogP contribution in [0.25, 0.3) is 0 Å². The Labute approximate surface area is 422 Å². The standard InChI is InChI=1S/C63H110O5/c1-4-7-10-13-16-19-22-25-27-29-31-33-35-37-40-43-46-49-52-55-58-66-59-61(68-63(65)57-54-51-48-45-42-38-24-21-18-15-12-9-6-3)60-67-62(64)56-53-50-47-44-41-39-36-34-32-30-28-26-23-20-17-14-11-8-5-2/h9,12,16,18-19,21,25,27,31,33,38,42,48,51,61H,4-8,10-11,13-15,17,20,22-24,26,28-30,32,34-37,39-41,43-47,49-50,52-60H2,1-3H3/b12-9-,19-16-,21-18-,27-25-,33-31-,42-38-,51-48-. The molecule has 0 aliphatic heterocycles. The van der Waals surface area contributed by atoms with Gasteiger partial charge in [-0.1, -0.05) is 266 Å². The van der Waals surface area contributed by atoms with E-state index in [9.17, 15) is 9.59 Å². The van der Waals surface area contributed by atoms with Gasteiger partial charge < -0.3 is 14.2 Å². The smallest absolute Gasteiger partial charge is 0.306 e. The number of allylic oxidation sites excluding steroid dienone is 14. The van der Waals surface area contributed by atoms with E-state index in [0.29, 0.717) is 25.9 Å². The first-order valence-electron chi connectivity index (χ1n) is 29.1. The highest BCUT2D eigenvalue weighted by Gasteiger charge is 2.17. The van der Waals surface area contributed by atoms with Crippen molar-refractivity contribution < 1.29 is 23.8 Å². The van der Waals surface area contributed by atoms with Crippen LogP contribution in [0.2, 0.25) is 0 Å². The first-order chi connectivity index (χ1) is 33.6. The fourth-order valence-electron chi connectivity index (χ4n) is 8.12. The van der Waals surface area contributed by atoms with Gasteiger partial charge >= 0.3 is 11.9 Å². The van der Waals surface area contributed by atoms with E-state index < -0.39 is 6.10 Å². The number of hydrogen-bond acceptors (Lipinski definition) is 5. The Kier molecular flexibility index (Phi) is 55.9. The number of esters is 2. The lowest BCUT2D eigenvalue weighted by Crippen LogP contribution is -2.30. The Hall–Kier alpha value is -2.92. The van der Waals surface area contributed by atoms with E-state index in [1.54, 1.807) is 0 Å². The Bertz CT molecular complexity index is 1250. The van der Waals surface area contributed by atoms with Crippen LogP contribution in [-0.4, -0.2) is 37.9 Å². The molecule has 392 valence electrons. The van der Waals surface area contributed by atoms with Crippen molar-refractivity contribution in [2.75, 3.05) is 19.8 Å². The number of carbonyl (C=O) groups is 2.